The van der Waals surface area contributed by atoms with Crippen molar-refractivity contribution in [1.82, 2.24) is 19.8 Å². The van der Waals surface area contributed by atoms with Crippen LogP contribution in [0.3, 0.4) is 0 Å². The molecule has 3 aliphatic heterocycles. The predicted octanol–water partition coefficient (Wildman–Crippen LogP) is 2.08. The number of likely N-dealkylation sites (tertiary alicyclic amines) is 1. The maximum atomic E-state index is 12.4. The molecule has 33 heavy (non-hydrogen) atoms. The Morgan fingerprint density at radius 3 is 2.85 bits per heavy atom. The second-order valence-corrected chi connectivity index (χ2v) is 9.21. The van der Waals surface area contributed by atoms with Crippen LogP contribution >= 0.6 is 0 Å². The van der Waals surface area contributed by atoms with E-state index in [0.29, 0.717) is 30.1 Å². The maximum Gasteiger partial charge on any atom is 0.263 e. The first-order chi connectivity index (χ1) is 16.1. The van der Waals surface area contributed by atoms with E-state index in [1.807, 2.05) is 22.8 Å². The first-order valence-corrected chi connectivity index (χ1v) is 11.6. The molecule has 0 aliphatic carbocycles. The maximum absolute atomic E-state index is 12.4. The summed E-state index contributed by atoms with van der Waals surface area (Å²) >= 11 is 0. The van der Waals surface area contributed by atoms with Crippen molar-refractivity contribution in [1.29, 1.82) is 0 Å². The molecule has 0 bridgehead atoms. The Bertz CT molecular complexity index is 1280. The summed E-state index contributed by atoms with van der Waals surface area (Å²) in [5.74, 6) is 1.33. The van der Waals surface area contributed by atoms with Crippen LogP contribution in [0.15, 0.2) is 47.3 Å². The van der Waals surface area contributed by atoms with Crippen molar-refractivity contribution < 1.29 is 9.53 Å². The van der Waals surface area contributed by atoms with Crippen LogP contribution in [-0.4, -0.2) is 52.6 Å². The molecular formula is C25H27N5O3. The van der Waals surface area contributed by atoms with Gasteiger partial charge in [-0.05, 0) is 55.1 Å². The van der Waals surface area contributed by atoms with Gasteiger partial charge in [0.25, 0.3) is 11.5 Å². The number of ether oxygens (including phenoxy) is 1. The number of aromatic nitrogens is 2. The zero-order chi connectivity index (χ0) is 22.4. The normalized spacial score (nSPS) is 20.5. The number of anilines is 1. The van der Waals surface area contributed by atoms with Gasteiger partial charge in [-0.1, -0.05) is 18.2 Å². The summed E-state index contributed by atoms with van der Waals surface area (Å²) in [7, 11) is 0. The lowest BCUT2D eigenvalue weighted by molar-refractivity contribution is -0.118. The summed E-state index contributed by atoms with van der Waals surface area (Å²) in [6.45, 7) is 4.55. The number of carbonyl (C=O) groups is 1. The molecule has 3 aliphatic rings. The molecule has 1 unspecified atom stereocenters. The number of para-hydroxylation sites is 1. The number of nitrogens with one attached hydrogen (secondary N) is 2. The van der Waals surface area contributed by atoms with E-state index in [4.69, 9.17) is 4.74 Å². The Labute approximate surface area is 191 Å². The molecule has 1 atom stereocenters. The molecule has 0 saturated carbocycles. The summed E-state index contributed by atoms with van der Waals surface area (Å²) < 4.78 is 7.32. The van der Waals surface area contributed by atoms with Crippen molar-refractivity contribution in [2.75, 3.05) is 31.6 Å². The molecule has 1 aromatic carbocycles. The molecule has 2 aromatic heterocycles. The highest BCUT2D eigenvalue weighted by Crippen LogP contribution is 2.33. The van der Waals surface area contributed by atoms with E-state index in [9.17, 15) is 9.59 Å². The number of nitrogens with zero attached hydrogens (tertiary/aromatic N) is 3. The molecule has 8 heteroatoms. The fourth-order valence-electron chi connectivity index (χ4n) is 5.36. The molecule has 1 amide bonds. The van der Waals surface area contributed by atoms with E-state index in [-0.39, 0.29) is 18.1 Å². The fourth-order valence-corrected chi connectivity index (χ4v) is 5.36. The number of amides is 1. The van der Waals surface area contributed by atoms with E-state index in [1.165, 1.54) is 5.56 Å². The lowest BCUT2D eigenvalue weighted by atomic mass is 9.97. The van der Waals surface area contributed by atoms with Crippen molar-refractivity contribution >= 4 is 22.6 Å². The summed E-state index contributed by atoms with van der Waals surface area (Å²) in [5.41, 5.74) is 3.41. The number of rotatable bonds is 5. The van der Waals surface area contributed by atoms with E-state index in [2.05, 4.69) is 38.7 Å². The van der Waals surface area contributed by atoms with Gasteiger partial charge in [-0.15, -0.1) is 0 Å². The van der Waals surface area contributed by atoms with Gasteiger partial charge in [0.15, 0.2) is 18.2 Å². The molecule has 2 N–H and O–H groups in total. The minimum atomic E-state index is -0.168. The van der Waals surface area contributed by atoms with Crippen LogP contribution in [0.4, 0.5) is 5.82 Å². The SMILES string of the molecule is O=C1COc2ccc(CNC3CCN(CC4Cn5c(=O)ccc6cccc4c65)CC3)nc2N1. The molecule has 5 heterocycles. The largest absolute Gasteiger partial charge is 0.480 e. The standard InChI is InChI=1S/C25H27N5O3/c31-22-15-33-21-6-5-19(27-25(21)28-22)12-26-18-8-10-29(11-9-18)13-17-14-30-23(32)7-4-16-2-1-3-20(17)24(16)30/h1-7,17-18,26H,8-15H2,(H,27,28,31). The molecular weight excluding hydrogens is 418 g/mol. The molecule has 0 radical (unpaired) electrons. The van der Waals surface area contributed by atoms with Crippen LogP contribution in [0.25, 0.3) is 10.9 Å². The Kier molecular flexibility index (Phi) is 5.11. The Hall–Kier alpha value is -3.23. The summed E-state index contributed by atoms with van der Waals surface area (Å²) in [6.07, 6.45) is 2.16. The molecule has 170 valence electrons. The highest BCUT2D eigenvalue weighted by Gasteiger charge is 2.28. The van der Waals surface area contributed by atoms with E-state index in [1.54, 1.807) is 6.07 Å². The average Bonchev–Trinajstić information content (AvgIpc) is 3.21. The monoisotopic (exact) mass is 445 g/mol. The number of benzene rings is 1. The van der Waals surface area contributed by atoms with Gasteiger partial charge in [0.1, 0.15) is 0 Å². The topological polar surface area (TPSA) is 88.5 Å². The predicted molar refractivity (Wildman–Crippen MR) is 126 cm³/mol. The first-order valence-electron chi connectivity index (χ1n) is 11.6. The van der Waals surface area contributed by atoms with Crippen LogP contribution in [0.1, 0.15) is 30.0 Å². The minimum absolute atomic E-state index is 0.0453. The number of pyridine rings is 2. The van der Waals surface area contributed by atoms with Gasteiger partial charge < -0.3 is 24.8 Å². The van der Waals surface area contributed by atoms with Crippen LogP contribution in [-0.2, 0) is 17.9 Å². The first kappa shape index (κ1) is 20.4. The van der Waals surface area contributed by atoms with Crippen LogP contribution < -0.4 is 20.9 Å². The third-order valence-electron chi connectivity index (χ3n) is 7.05. The number of fused-ring (bicyclic) bond motifs is 1. The van der Waals surface area contributed by atoms with E-state index < -0.39 is 0 Å². The number of piperidine rings is 1. The highest BCUT2D eigenvalue weighted by molar-refractivity contribution is 5.94. The highest BCUT2D eigenvalue weighted by atomic mass is 16.5. The summed E-state index contributed by atoms with van der Waals surface area (Å²) in [5, 5.41) is 7.54. The third kappa shape index (κ3) is 3.89. The van der Waals surface area contributed by atoms with Crippen molar-refractivity contribution in [2.45, 2.75) is 37.9 Å². The van der Waals surface area contributed by atoms with Gasteiger partial charge in [0.05, 0.1) is 11.2 Å². The van der Waals surface area contributed by atoms with Gasteiger partial charge in [0.2, 0.25) is 0 Å². The Balaban J connectivity index is 1.04. The molecule has 6 rings (SSSR count). The quantitative estimate of drug-likeness (QED) is 0.625. The smallest absolute Gasteiger partial charge is 0.263 e. The summed E-state index contributed by atoms with van der Waals surface area (Å²) in [6, 6.07) is 14.3. The number of hydrogen-bond acceptors (Lipinski definition) is 6. The third-order valence-corrected chi connectivity index (χ3v) is 7.05. The average molecular weight is 446 g/mol. The van der Waals surface area contributed by atoms with Crippen molar-refractivity contribution in [3.05, 3.63) is 64.1 Å². The lowest BCUT2D eigenvalue weighted by Crippen LogP contribution is -2.43. The molecule has 3 aromatic rings. The zero-order valence-electron chi connectivity index (χ0n) is 18.4. The van der Waals surface area contributed by atoms with Gasteiger partial charge in [0, 0.05) is 37.7 Å². The number of hydrogen-bond donors (Lipinski definition) is 2. The van der Waals surface area contributed by atoms with Gasteiger partial charge in [-0.2, -0.15) is 0 Å². The van der Waals surface area contributed by atoms with Gasteiger partial charge in [-0.25, -0.2) is 4.98 Å². The second kappa shape index (κ2) is 8.28. The molecule has 1 fully saturated rings. The van der Waals surface area contributed by atoms with Gasteiger partial charge >= 0.3 is 0 Å². The summed E-state index contributed by atoms with van der Waals surface area (Å²) in [4.78, 5) is 30.9. The molecule has 1 saturated heterocycles. The lowest BCUT2D eigenvalue weighted by Gasteiger charge is -2.34. The number of carbonyl (C=O) groups excluding carboxylic acids is 1. The van der Waals surface area contributed by atoms with E-state index in [0.717, 1.165) is 55.6 Å². The van der Waals surface area contributed by atoms with Crippen LogP contribution in [0, 0.1) is 0 Å². The van der Waals surface area contributed by atoms with Crippen LogP contribution in [0.5, 0.6) is 5.75 Å². The Morgan fingerprint density at radius 1 is 1.09 bits per heavy atom. The Morgan fingerprint density at radius 2 is 1.97 bits per heavy atom. The van der Waals surface area contributed by atoms with Crippen LogP contribution in [0.2, 0.25) is 0 Å². The second-order valence-electron chi connectivity index (χ2n) is 9.21. The molecule has 8 nitrogen and oxygen atoms in total. The van der Waals surface area contributed by atoms with Crippen molar-refractivity contribution in [3.63, 3.8) is 0 Å². The zero-order valence-corrected chi connectivity index (χ0v) is 18.4. The molecule has 0 spiro atoms. The van der Waals surface area contributed by atoms with Gasteiger partial charge in [-0.3, -0.25) is 9.59 Å². The van der Waals surface area contributed by atoms with E-state index >= 15 is 0 Å². The van der Waals surface area contributed by atoms with Crippen molar-refractivity contribution in [3.8, 4) is 5.75 Å². The minimum Gasteiger partial charge on any atom is -0.480 e. The van der Waals surface area contributed by atoms with Crippen molar-refractivity contribution in [2.24, 2.45) is 0 Å². The fraction of sp³-hybridized carbons (Fsp3) is 0.400.